The Labute approximate surface area is 260 Å². The molecule has 0 heterocycles. The number of nitrogens with one attached hydrogen (secondary N) is 2. The number of benzene rings is 2. The maximum Gasteiger partial charge on any atom is 0.471 e. The molecule has 0 radical (unpaired) electrons. The topological polar surface area (TPSA) is 78.5 Å². The monoisotopic (exact) mass is 689 g/mol. The van der Waals surface area contributed by atoms with Gasteiger partial charge in [-0.1, -0.05) is 40.9 Å². The van der Waals surface area contributed by atoms with Gasteiger partial charge in [-0.2, -0.15) is 13.2 Å². The van der Waals surface area contributed by atoms with E-state index < -0.39 is 63.8 Å². The molecular formula is C26H17Cl5F5N3O3. The molecule has 6 nitrogen and oxygen atoms in total. The van der Waals surface area contributed by atoms with Crippen LogP contribution in [0.5, 0.6) is 0 Å². The van der Waals surface area contributed by atoms with E-state index in [1.165, 1.54) is 24.3 Å². The lowest BCUT2D eigenvalue weighted by molar-refractivity contribution is -0.186. The first kappa shape index (κ1) is 32.3. The first-order chi connectivity index (χ1) is 19.4. The molecule has 1 saturated carbocycles. The third kappa shape index (κ3) is 6.35. The molecule has 16 heteroatoms. The minimum atomic E-state index is -5.38. The van der Waals surface area contributed by atoms with Crippen molar-refractivity contribution in [1.82, 2.24) is 10.2 Å². The highest BCUT2D eigenvalue weighted by Gasteiger charge is 2.67. The zero-order valence-corrected chi connectivity index (χ0v) is 24.7. The molecule has 0 bridgehead atoms. The van der Waals surface area contributed by atoms with Crippen LogP contribution in [0.25, 0.3) is 0 Å². The van der Waals surface area contributed by atoms with Gasteiger partial charge in [-0.05, 0) is 48.0 Å². The number of hydrogen-bond donors (Lipinski definition) is 2. The largest absolute Gasteiger partial charge is 0.471 e. The SMILES string of the molecule is CN(C(=O)C(F)(F)F)C1C(F)=CC=C(NC(=O)c2cc(NC(=O)[C@H]3[C@H](c4ccc(Cl)c(Cl)c4)C3(Cl)Cl)ccc2Cl)C1F. The lowest BCUT2D eigenvalue weighted by Gasteiger charge is -2.33. The minimum absolute atomic E-state index is 0.0761. The minimum Gasteiger partial charge on any atom is -0.326 e. The van der Waals surface area contributed by atoms with E-state index in [1.54, 1.807) is 6.07 Å². The van der Waals surface area contributed by atoms with Gasteiger partial charge in [0.25, 0.3) is 5.91 Å². The number of anilines is 1. The second-order valence-corrected chi connectivity index (χ2v) is 12.0. The fraction of sp³-hybridized carbons (Fsp3) is 0.269. The molecular weight excluding hydrogens is 675 g/mol. The van der Waals surface area contributed by atoms with E-state index in [0.717, 1.165) is 12.1 Å². The molecule has 2 aromatic rings. The molecule has 2 aromatic carbocycles. The van der Waals surface area contributed by atoms with E-state index in [-0.39, 0.29) is 26.2 Å². The summed E-state index contributed by atoms with van der Waals surface area (Å²) in [7, 11) is 0.580. The molecule has 2 aliphatic carbocycles. The number of nitrogens with zero attached hydrogens (tertiary/aromatic N) is 1. The molecule has 2 unspecified atom stereocenters. The van der Waals surface area contributed by atoms with Crippen LogP contribution in [0.4, 0.5) is 27.6 Å². The van der Waals surface area contributed by atoms with Crippen molar-refractivity contribution >= 4 is 81.4 Å². The Morgan fingerprint density at radius 1 is 0.929 bits per heavy atom. The molecule has 224 valence electrons. The van der Waals surface area contributed by atoms with Gasteiger partial charge >= 0.3 is 12.1 Å². The van der Waals surface area contributed by atoms with E-state index >= 15 is 4.39 Å². The Balaban J connectivity index is 1.49. The van der Waals surface area contributed by atoms with Crippen molar-refractivity contribution in [3.8, 4) is 0 Å². The van der Waals surface area contributed by atoms with Crippen molar-refractivity contribution in [2.45, 2.75) is 28.6 Å². The van der Waals surface area contributed by atoms with E-state index in [4.69, 9.17) is 58.0 Å². The van der Waals surface area contributed by atoms with Gasteiger partial charge in [-0.25, -0.2) is 8.78 Å². The van der Waals surface area contributed by atoms with Crippen molar-refractivity contribution in [2.75, 3.05) is 12.4 Å². The highest BCUT2D eigenvalue weighted by molar-refractivity contribution is 6.53. The average Bonchev–Trinajstić information content (AvgIpc) is 3.49. The quantitative estimate of drug-likeness (QED) is 0.245. The van der Waals surface area contributed by atoms with Crippen LogP contribution in [-0.2, 0) is 9.59 Å². The predicted octanol–water partition coefficient (Wildman–Crippen LogP) is 7.38. The molecule has 3 amide bonds. The summed E-state index contributed by atoms with van der Waals surface area (Å²) in [5.41, 5.74) is -0.255. The summed E-state index contributed by atoms with van der Waals surface area (Å²) in [6.07, 6.45) is -6.52. The average molecular weight is 692 g/mol. The molecule has 2 aliphatic rings. The van der Waals surface area contributed by atoms with Crippen LogP contribution in [-0.4, -0.2) is 52.4 Å². The number of allylic oxidation sites excluding steroid dienone is 2. The van der Waals surface area contributed by atoms with Gasteiger partial charge in [-0.15, -0.1) is 23.2 Å². The number of hydrogen-bond acceptors (Lipinski definition) is 3. The number of carbonyl (C=O) groups excluding carboxylic acids is 3. The van der Waals surface area contributed by atoms with Gasteiger partial charge in [0.1, 0.15) is 16.2 Å². The summed E-state index contributed by atoms with van der Waals surface area (Å²) in [6.45, 7) is 0. The van der Waals surface area contributed by atoms with E-state index in [1.807, 2.05) is 0 Å². The smallest absolute Gasteiger partial charge is 0.326 e. The first-order valence-corrected chi connectivity index (χ1v) is 13.6. The van der Waals surface area contributed by atoms with Gasteiger partial charge in [0.2, 0.25) is 5.91 Å². The van der Waals surface area contributed by atoms with Crippen LogP contribution in [0.15, 0.2) is 60.1 Å². The molecule has 2 N–H and O–H groups in total. The van der Waals surface area contributed by atoms with Gasteiger partial charge in [0, 0.05) is 18.7 Å². The number of halogens is 10. The van der Waals surface area contributed by atoms with Crippen molar-refractivity contribution in [1.29, 1.82) is 0 Å². The zero-order valence-electron chi connectivity index (χ0n) is 20.9. The van der Waals surface area contributed by atoms with Gasteiger partial charge in [-0.3, -0.25) is 14.4 Å². The van der Waals surface area contributed by atoms with Crippen molar-refractivity contribution in [3.05, 3.63) is 86.3 Å². The fourth-order valence-corrected chi connectivity index (χ4v) is 5.80. The Morgan fingerprint density at radius 3 is 2.19 bits per heavy atom. The predicted molar refractivity (Wildman–Crippen MR) is 149 cm³/mol. The molecule has 0 aliphatic heterocycles. The Kier molecular flexibility index (Phi) is 9.12. The van der Waals surface area contributed by atoms with Crippen LogP contribution >= 0.6 is 58.0 Å². The molecule has 4 rings (SSSR count). The lowest BCUT2D eigenvalue weighted by Crippen LogP contribution is -2.51. The van der Waals surface area contributed by atoms with Gasteiger partial charge in [0.05, 0.1) is 32.2 Å². The number of amides is 3. The standard InChI is InChI=1S/C26H17Cl5F5N3O3/c1-39(24(42)26(34,35)36)21-16(32)6-7-17(20(21)33)38-22(40)12-9-11(3-5-13(12)27)37-23(41)19-18(25(19,30)31)10-2-4-14(28)15(29)8-10/h2-9,18-21H,1H3,(H,37,41)(H,38,40)/t18-,19+,20?,21?/m0/s1. The normalized spacial score (nSPS) is 22.9. The summed E-state index contributed by atoms with van der Waals surface area (Å²) in [4.78, 5) is 37.4. The Bertz CT molecular complexity index is 1530. The van der Waals surface area contributed by atoms with Crippen molar-refractivity contribution in [3.63, 3.8) is 0 Å². The van der Waals surface area contributed by atoms with Crippen LogP contribution in [0.2, 0.25) is 15.1 Å². The summed E-state index contributed by atoms with van der Waals surface area (Å²) >= 11 is 30.8. The number of alkyl halides is 6. The Morgan fingerprint density at radius 2 is 1.57 bits per heavy atom. The third-order valence-electron chi connectivity index (χ3n) is 6.63. The van der Waals surface area contributed by atoms with Crippen molar-refractivity contribution < 1.29 is 36.3 Å². The number of rotatable bonds is 6. The fourth-order valence-electron chi connectivity index (χ4n) is 4.46. The molecule has 0 aromatic heterocycles. The highest BCUT2D eigenvalue weighted by Crippen LogP contribution is 2.65. The van der Waals surface area contributed by atoms with Crippen LogP contribution in [0.3, 0.4) is 0 Å². The molecule has 1 fully saturated rings. The Hall–Kier alpha value is -2.57. The summed E-state index contributed by atoms with van der Waals surface area (Å²) in [5, 5.41) is 5.10. The molecule has 4 atom stereocenters. The second kappa shape index (κ2) is 11.8. The van der Waals surface area contributed by atoms with Crippen LogP contribution in [0.1, 0.15) is 21.8 Å². The summed E-state index contributed by atoms with van der Waals surface area (Å²) < 4.78 is 66.4. The second-order valence-electron chi connectivity index (χ2n) is 9.38. The first-order valence-electron chi connectivity index (χ1n) is 11.7. The third-order valence-corrected chi connectivity index (χ3v) is 8.64. The van der Waals surface area contributed by atoms with Crippen molar-refractivity contribution in [2.24, 2.45) is 5.92 Å². The maximum atomic E-state index is 15.1. The van der Waals surface area contributed by atoms with E-state index in [0.29, 0.717) is 23.7 Å². The zero-order chi connectivity index (χ0) is 31.3. The van der Waals surface area contributed by atoms with Gasteiger partial charge < -0.3 is 15.5 Å². The molecule has 42 heavy (non-hydrogen) atoms. The number of carbonyl (C=O) groups is 3. The maximum absolute atomic E-state index is 15.1. The van der Waals surface area contributed by atoms with E-state index in [9.17, 15) is 31.9 Å². The summed E-state index contributed by atoms with van der Waals surface area (Å²) in [6, 6.07) is 6.17. The molecule has 0 spiro atoms. The molecule has 0 saturated heterocycles. The lowest BCUT2D eigenvalue weighted by atomic mass is 10.00. The van der Waals surface area contributed by atoms with Crippen LogP contribution in [0, 0.1) is 5.92 Å². The number of likely N-dealkylation sites (N-methyl/N-ethyl adjacent to an activating group) is 1. The summed E-state index contributed by atoms with van der Waals surface area (Å²) in [5.74, 6) is -7.03. The van der Waals surface area contributed by atoms with Gasteiger partial charge in [0.15, 0.2) is 6.17 Å². The van der Waals surface area contributed by atoms with Crippen LogP contribution < -0.4 is 10.6 Å². The van der Waals surface area contributed by atoms with E-state index in [2.05, 4.69) is 10.6 Å². The highest BCUT2D eigenvalue weighted by atomic mass is 35.5.